The average molecular weight is 566 g/mol. The second kappa shape index (κ2) is 13.1. The molecule has 2 N–H and O–H groups in total. The third-order valence-electron chi connectivity index (χ3n) is 5.43. The third-order valence-corrected chi connectivity index (χ3v) is 6.41. The normalized spacial score (nSPS) is 15.8. The van der Waals surface area contributed by atoms with E-state index < -0.39 is 0 Å². The first-order valence-electron chi connectivity index (χ1n) is 10.9. The zero-order valence-corrected chi connectivity index (χ0v) is 21.3. The van der Waals surface area contributed by atoms with E-state index in [4.69, 9.17) is 0 Å². The van der Waals surface area contributed by atoms with Crippen molar-refractivity contribution >= 4 is 44.3 Å². The van der Waals surface area contributed by atoms with Gasteiger partial charge in [-0.15, -0.1) is 0 Å². The van der Waals surface area contributed by atoms with Crippen LogP contribution < -0.4 is 0 Å². The van der Waals surface area contributed by atoms with E-state index in [0.717, 1.165) is 85.3 Å². The van der Waals surface area contributed by atoms with E-state index in [1.165, 1.54) is 0 Å². The van der Waals surface area contributed by atoms with Gasteiger partial charge in [-0.1, -0.05) is 31.9 Å². The highest BCUT2D eigenvalue weighted by atomic mass is 79.9. The molecule has 3 rings (SSSR count). The van der Waals surface area contributed by atoms with Gasteiger partial charge < -0.3 is 20.0 Å². The van der Waals surface area contributed by atoms with Gasteiger partial charge in [0, 0.05) is 71.8 Å². The summed E-state index contributed by atoms with van der Waals surface area (Å²) in [4.78, 5) is 13.9. The Balaban J connectivity index is 1.27. The summed E-state index contributed by atoms with van der Waals surface area (Å²) < 4.78 is 1.87. The topological polar surface area (TPSA) is 71.7 Å². The maximum atomic E-state index is 9.84. The second-order valence-corrected chi connectivity index (χ2v) is 9.70. The summed E-state index contributed by atoms with van der Waals surface area (Å²) in [5.41, 5.74) is 1.48. The SMILES string of the molecule is Oc1ccc(Br)cc1C=NCCCN1CCN(CCCN=Cc2cc(Br)ccc2O)CC1. The number of benzene rings is 2. The summed E-state index contributed by atoms with van der Waals surface area (Å²) in [7, 11) is 0. The molecule has 2 aromatic carbocycles. The number of hydrogen-bond donors (Lipinski definition) is 2. The molecule has 0 amide bonds. The number of hydrogen-bond acceptors (Lipinski definition) is 6. The van der Waals surface area contributed by atoms with Crippen LogP contribution in [-0.4, -0.2) is 84.8 Å². The Morgan fingerprint density at radius 3 is 1.53 bits per heavy atom. The molecule has 0 radical (unpaired) electrons. The highest BCUT2D eigenvalue weighted by Gasteiger charge is 2.15. The van der Waals surface area contributed by atoms with Crippen LogP contribution in [0.5, 0.6) is 11.5 Å². The van der Waals surface area contributed by atoms with Gasteiger partial charge in [0.25, 0.3) is 0 Å². The van der Waals surface area contributed by atoms with Crippen LogP contribution in [0.25, 0.3) is 0 Å². The standard InChI is InChI=1S/C24H30Br2N4O2/c25-21-3-5-23(31)19(15-21)17-27-7-1-9-29-11-13-30(14-12-29)10-2-8-28-18-20-16-22(26)4-6-24(20)32/h3-6,15-18,31-32H,1-2,7-14H2. The molecule has 1 aliphatic rings. The van der Waals surface area contributed by atoms with Crippen LogP contribution in [0.4, 0.5) is 0 Å². The molecule has 1 aliphatic heterocycles. The fourth-order valence-corrected chi connectivity index (χ4v) is 4.35. The number of rotatable bonds is 10. The van der Waals surface area contributed by atoms with Gasteiger partial charge >= 0.3 is 0 Å². The number of phenolic OH excluding ortho intramolecular Hbond substituents is 2. The minimum Gasteiger partial charge on any atom is -0.507 e. The molecule has 0 saturated carbocycles. The third kappa shape index (κ3) is 8.31. The molecule has 0 unspecified atom stereocenters. The molecule has 0 atom stereocenters. The van der Waals surface area contributed by atoms with Crippen LogP contribution >= 0.6 is 31.9 Å². The van der Waals surface area contributed by atoms with Crippen LogP contribution in [-0.2, 0) is 0 Å². The van der Waals surface area contributed by atoms with Crippen LogP contribution in [0.1, 0.15) is 24.0 Å². The van der Waals surface area contributed by atoms with Crippen LogP contribution in [0.15, 0.2) is 55.3 Å². The van der Waals surface area contributed by atoms with E-state index in [1.807, 2.05) is 24.3 Å². The fourth-order valence-electron chi connectivity index (χ4n) is 3.59. The highest BCUT2D eigenvalue weighted by molar-refractivity contribution is 9.10. The first-order chi connectivity index (χ1) is 15.5. The molecule has 0 aliphatic carbocycles. The van der Waals surface area contributed by atoms with Crippen molar-refractivity contribution in [1.82, 2.24) is 9.80 Å². The molecular formula is C24H30Br2N4O2. The van der Waals surface area contributed by atoms with Crippen molar-refractivity contribution in [3.8, 4) is 11.5 Å². The van der Waals surface area contributed by atoms with Gasteiger partial charge in [-0.25, -0.2) is 0 Å². The van der Waals surface area contributed by atoms with E-state index in [0.29, 0.717) is 0 Å². The van der Waals surface area contributed by atoms with Gasteiger partial charge in [-0.05, 0) is 62.3 Å². The van der Waals surface area contributed by atoms with Crippen LogP contribution in [0, 0.1) is 0 Å². The maximum absolute atomic E-state index is 9.84. The summed E-state index contributed by atoms with van der Waals surface area (Å²) in [6.45, 7) is 7.98. The number of aromatic hydroxyl groups is 2. The number of nitrogens with zero attached hydrogens (tertiary/aromatic N) is 4. The van der Waals surface area contributed by atoms with Gasteiger partial charge in [0.1, 0.15) is 11.5 Å². The number of aliphatic imine (C=N–C) groups is 2. The molecule has 0 bridgehead atoms. The Hall–Kier alpha value is -1.74. The molecule has 8 heteroatoms. The van der Waals surface area contributed by atoms with E-state index >= 15 is 0 Å². The first kappa shape index (κ1) is 24.9. The monoisotopic (exact) mass is 564 g/mol. The second-order valence-electron chi connectivity index (χ2n) is 7.87. The largest absolute Gasteiger partial charge is 0.507 e. The first-order valence-corrected chi connectivity index (χ1v) is 12.5. The Bertz CT molecular complexity index is 853. The Morgan fingerprint density at radius 2 is 1.12 bits per heavy atom. The van der Waals surface area contributed by atoms with Gasteiger partial charge in [0.2, 0.25) is 0 Å². The summed E-state index contributed by atoms with van der Waals surface area (Å²) in [5, 5.41) is 19.7. The van der Waals surface area contributed by atoms with E-state index in [-0.39, 0.29) is 11.5 Å². The molecule has 2 aromatic rings. The number of phenols is 2. The van der Waals surface area contributed by atoms with Gasteiger partial charge in [0.15, 0.2) is 0 Å². The van der Waals surface area contributed by atoms with Crippen LogP contribution in [0.3, 0.4) is 0 Å². The molecule has 6 nitrogen and oxygen atoms in total. The molecule has 172 valence electrons. The quantitative estimate of drug-likeness (QED) is 0.327. The van der Waals surface area contributed by atoms with Gasteiger partial charge in [0.05, 0.1) is 0 Å². The van der Waals surface area contributed by atoms with E-state index in [1.54, 1.807) is 24.6 Å². The predicted molar refractivity (Wildman–Crippen MR) is 139 cm³/mol. The van der Waals surface area contributed by atoms with Crippen molar-refractivity contribution < 1.29 is 10.2 Å². The zero-order valence-electron chi connectivity index (χ0n) is 18.1. The minimum absolute atomic E-state index is 0.255. The van der Waals surface area contributed by atoms with Crippen LogP contribution in [0.2, 0.25) is 0 Å². The highest BCUT2D eigenvalue weighted by Crippen LogP contribution is 2.21. The lowest BCUT2D eigenvalue weighted by atomic mass is 10.2. The Morgan fingerprint density at radius 1 is 0.719 bits per heavy atom. The lowest BCUT2D eigenvalue weighted by molar-refractivity contribution is 0.131. The lowest BCUT2D eigenvalue weighted by Gasteiger charge is -2.34. The fraction of sp³-hybridized carbons (Fsp3) is 0.417. The average Bonchev–Trinajstić information content (AvgIpc) is 2.79. The van der Waals surface area contributed by atoms with Crippen molar-refractivity contribution in [2.45, 2.75) is 12.8 Å². The predicted octanol–water partition coefficient (Wildman–Crippen LogP) is 4.56. The Labute approximate surface area is 206 Å². The molecule has 32 heavy (non-hydrogen) atoms. The van der Waals surface area contributed by atoms with Gasteiger partial charge in [-0.3, -0.25) is 9.98 Å². The van der Waals surface area contributed by atoms with Gasteiger partial charge in [-0.2, -0.15) is 0 Å². The minimum atomic E-state index is 0.255. The van der Waals surface area contributed by atoms with E-state index in [9.17, 15) is 10.2 Å². The van der Waals surface area contributed by atoms with Crippen molar-refractivity contribution in [1.29, 1.82) is 0 Å². The molecule has 1 fully saturated rings. The smallest absolute Gasteiger partial charge is 0.124 e. The lowest BCUT2D eigenvalue weighted by Crippen LogP contribution is -2.46. The van der Waals surface area contributed by atoms with E-state index in [2.05, 4.69) is 51.6 Å². The molecule has 0 aromatic heterocycles. The number of halogens is 2. The molecule has 1 saturated heterocycles. The molecular weight excluding hydrogens is 536 g/mol. The van der Waals surface area contributed by atoms with Crippen molar-refractivity contribution in [3.05, 3.63) is 56.5 Å². The summed E-state index contributed by atoms with van der Waals surface area (Å²) >= 11 is 6.83. The van der Waals surface area contributed by atoms with Crippen molar-refractivity contribution in [2.75, 3.05) is 52.4 Å². The summed E-state index contributed by atoms with van der Waals surface area (Å²) in [6, 6.07) is 10.7. The molecule has 0 spiro atoms. The Kier molecular flexibility index (Phi) is 10.2. The summed E-state index contributed by atoms with van der Waals surface area (Å²) in [6.07, 6.45) is 5.53. The zero-order chi connectivity index (χ0) is 22.8. The molecule has 1 heterocycles. The van der Waals surface area contributed by atoms with Crippen molar-refractivity contribution in [2.24, 2.45) is 9.98 Å². The maximum Gasteiger partial charge on any atom is 0.124 e. The van der Waals surface area contributed by atoms with Crippen molar-refractivity contribution in [3.63, 3.8) is 0 Å². The summed E-state index contributed by atoms with van der Waals surface area (Å²) in [5.74, 6) is 0.509. The number of piperazine rings is 1.